The van der Waals surface area contributed by atoms with Crippen LogP contribution >= 0.6 is 0 Å². The average Bonchev–Trinajstić information content (AvgIpc) is 2.63. The number of piperazine rings is 1. The van der Waals surface area contributed by atoms with E-state index in [1.165, 1.54) is 11.3 Å². The minimum Gasteiger partial charge on any atom is -0.444 e. The lowest BCUT2D eigenvalue weighted by Crippen LogP contribution is -2.44. The van der Waals surface area contributed by atoms with Crippen molar-refractivity contribution in [2.45, 2.75) is 51.7 Å². The minimum absolute atomic E-state index is 0.195. The van der Waals surface area contributed by atoms with Crippen molar-refractivity contribution in [3.05, 3.63) is 29.6 Å². The number of ether oxygens (including phenoxy) is 1. The van der Waals surface area contributed by atoms with Gasteiger partial charge >= 0.3 is 6.09 Å². The summed E-state index contributed by atoms with van der Waals surface area (Å²) in [6.45, 7) is 12.7. The standard InChI is InChI=1S/C21H34N4O2/c1-21(2,3)27-20(26)25-10-7-17(8-11-25)19-18(6-5-9-22-19)16-24-14-12-23(4)13-15-24/h5-6,9,17H,7-8,10-16H2,1-4H3. The van der Waals surface area contributed by atoms with Gasteiger partial charge in [0.1, 0.15) is 5.60 Å². The summed E-state index contributed by atoms with van der Waals surface area (Å²) in [4.78, 5) is 23.8. The first-order valence-electron chi connectivity index (χ1n) is 10.1. The molecule has 0 atom stereocenters. The number of amides is 1. The fraction of sp³-hybridized carbons (Fsp3) is 0.714. The van der Waals surface area contributed by atoms with Crippen molar-refractivity contribution in [3.8, 4) is 0 Å². The molecule has 0 saturated carbocycles. The van der Waals surface area contributed by atoms with E-state index in [0.717, 1.165) is 58.7 Å². The first kappa shape index (κ1) is 20.1. The van der Waals surface area contributed by atoms with E-state index in [0.29, 0.717) is 5.92 Å². The van der Waals surface area contributed by atoms with Crippen LogP contribution in [0.15, 0.2) is 18.3 Å². The van der Waals surface area contributed by atoms with E-state index in [2.05, 4.69) is 22.9 Å². The van der Waals surface area contributed by atoms with Gasteiger partial charge in [-0.25, -0.2) is 4.79 Å². The van der Waals surface area contributed by atoms with Crippen LogP contribution in [0.5, 0.6) is 0 Å². The molecule has 0 bridgehead atoms. The molecule has 2 fully saturated rings. The monoisotopic (exact) mass is 374 g/mol. The van der Waals surface area contributed by atoms with Crippen molar-refractivity contribution in [1.29, 1.82) is 0 Å². The Balaban J connectivity index is 1.59. The van der Waals surface area contributed by atoms with Crippen LogP contribution in [-0.2, 0) is 11.3 Å². The third-order valence-corrected chi connectivity index (χ3v) is 5.45. The van der Waals surface area contributed by atoms with Crippen LogP contribution < -0.4 is 0 Å². The van der Waals surface area contributed by atoms with Crippen molar-refractivity contribution in [2.75, 3.05) is 46.3 Å². The highest BCUT2D eigenvalue weighted by Crippen LogP contribution is 2.30. The van der Waals surface area contributed by atoms with Gasteiger partial charge < -0.3 is 14.5 Å². The Labute approximate surface area is 163 Å². The van der Waals surface area contributed by atoms with E-state index in [1.807, 2.05) is 37.9 Å². The van der Waals surface area contributed by atoms with Crippen molar-refractivity contribution < 1.29 is 9.53 Å². The number of likely N-dealkylation sites (tertiary alicyclic amines) is 1. The van der Waals surface area contributed by atoms with E-state index in [9.17, 15) is 4.79 Å². The van der Waals surface area contributed by atoms with E-state index in [-0.39, 0.29) is 6.09 Å². The fourth-order valence-electron chi connectivity index (χ4n) is 3.86. The predicted molar refractivity (Wildman–Crippen MR) is 107 cm³/mol. The molecule has 6 heteroatoms. The number of carbonyl (C=O) groups excluding carboxylic acids is 1. The highest BCUT2D eigenvalue weighted by Gasteiger charge is 2.29. The third-order valence-electron chi connectivity index (χ3n) is 5.45. The summed E-state index contributed by atoms with van der Waals surface area (Å²) in [5.41, 5.74) is 2.13. The number of nitrogens with zero attached hydrogens (tertiary/aromatic N) is 4. The Morgan fingerprint density at radius 3 is 2.44 bits per heavy atom. The van der Waals surface area contributed by atoms with E-state index < -0.39 is 5.60 Å². The quantitative estimate of drug-likeness (QED) is 0.814. The summed E-state index contributed by atoms with van der Waals surface area (Å²) in [6, 6.07) is 4.27. The van der Waals surface area contributed by atoms with Gasteiger partial charge in [-0.1, -0.05) is 6.07 Å². The van der Waals surface area contributed by atoms with Crippen LogP contribution in [0.4, 0.5) is 4.79 Å². The molecule has 2 aliphatic rings. The van der Waals surface area contributed by atoms with Crippen LogP contribution in [0.2, 0.25) is 0 Å². The normalized spacial score (nSPS) is 20.7. The topological polar surface area (TPSA) is 48.9 Å². The molecule has 0 radical (unpaired) electrons. The van der Waals surface area contributed by atoms with Gasteiger partial charge in [-0.05, 0) is 52.3 Å². The van der Waals surface area contributed by atoms with Gasteiger partial charge in [0.05, 0.1) is 0 Å². The lowest BCUT2D eigenvalue weighted by Gasteiger charge is -2.35. The maximum absolute atomic E-state index is 12.3. The number of pyridine rings is 1. The molecule has 1 aromatic rings. The van der Waals surface area contributed by atoms with Crippen LogP contribution in [0, 0.1) is 0 Å². The average molecular weight is 375 g/mol. The Morgan fingerprint density at radius 1 is 1.15 bits per heavy atom. The van der Waals surface area contributed by atoms with Crippen LogP contribution in [-0.4, -0.2) is 77.7 Å². The molecule has 6 nitrogen and oxygen atoms in total. The second-order valence-electron chi connectivity index (χ2n) is 8.87. The highest BCUT2D eigenvalue weighted by atomic mass is 16.6. The number of likely N-dealkylation sites (N-methyl/N-ethyl adjacent to an activating group) is 1. The summed E-state index contributed by atoms with van der Waals surface area (Å²) in [6.07, 6.45) is 3.61. The molecule has 27 heavy (non-hydrogen) atoms. The zero-order valence-electron chi connectivity index (χ0n) is 17.3. The molecule has 1 amide bonds. The highest BCUT2D eigenvalue weighted by molar-refractivity contribution is 5.68. The van der Waals surface area contributed by atoms with Gasteiger partial charge in [0.2, 0.25) is 0 Å². The second-order valence-corrected chi connectivity index (χ2v) is 8.87. The first-order chi connectivity index (χ1) is 12.8. The Hall–Kier alpha value is -1.66. The summed E-state index contributed by atoms with van der Waals surface area (Å²) in [5.74, 6) is 0.423. The van der Waals surface area contributed by atoms with Gasteiger partial charge in [0.25, 0.3) is 0 Å². The van der Waals surface area contributed by atoms with Crippen molar-refractivity contribution >= 4 is 6.09 Å². The molecule has 0 N–H and O–H groups in total. The summed E-state index contributed by atoms with van der Waals surface area (Å²) in [5, 5.41) is 0. The Morgan fingerprint density at radius 2 is 1.81 bits per heavy atom. The number of carbonyl (C=O) groups is 1. The number of aromatic nitrogens is 1. The molecule has 3 heterocycles. The van der Waals surface area contributed by atoms with Gasteiger partial charge in [0.15, 0.2) is 0 Å². The van der Waals surface area contributed by atoms with E-state index in [1.54, 1.807) is 0 Å². The SMILES string of the molecule is CN1CCN(Cc2cccnc2C2CCN(C(=O)OC(C)(C)C)CC2)CC1. The molecule has 1 aromatic heterocycles. The largest absolute Gasteiger partial charge is 0.444 e. The van der Waals surface area contributed by atoms with Crippen LogP contribution in [0.25, 0.3) is 0 Å². The summed E-state index contributed by atoms with van der Waals surface area (Å²) in [7, 11) is 2.19. The molecule has 150 valence electrons. The Bertz CT molecular complexity index is 627. The molecular weight excluding hydrogens is 340 g/mol. The van der Waals surface area contributed by atoms with Crippen molar-refractivity contribution in [2.24, 2.45) is 0 Å². The van der Waals surface area contributed by atoms with Gasteiger partial charge in [-0.2, -0.15) is 0 Å². The predicted octanol–water partition coefficient (Wildman–Crippen LogP) is 2.94. The van der Waals surface area contributed by atoms with Crippen LogP contribution in [0.3, 0.4) is 0 Å². The molecule has 0 spiro atoms. The zero-order valence-corrected chi connectivity index (χ0v) is 17.3. The minimum atomic E-state index is -0.440. The second kappa shape index (κ2) is 8.57. The van der Waals surface area contributed by atoms with Crippen molar-refractivity contribution in [1.82, 2.24) is 19.7 Å². The Kier molecular flexibility index (Phi) is 6.37. The van der Waals surface area contributed by atoms with E-state index in [4.69, 9.17) is 9.72 Å². The lowest BCUT2D eigenvalue weighted by molar-refractivity contribution is 0.0203. The molecule has 0 aliphatic carbocycles. The summed E-state index contributed by atoms with van der Waals surface area (Å²) >= 11 is 0. The number of hydrogen-bond acceptors (Lipinski definition) is 5. The van der Waals surface area contributed by atoms with Gasteiger partial charge in [-0.15, -0.1) is 0 Å². The maximum Gasteiger partial charge on any atom is 0.410 e. The first-order valence-corrected chi connectivity index (χ1v) is 10.1. The van der Waals surface area contributed by atoms with Gasteiger partial charge in [-0.3, -0.25) is 9.88 Å². The number of rotatable bonds is 3. The lowest BCUT2D eigenvalue weighted by atomic mass is 9.90. The van der Waals surface area contributed by atoms with Gasteiger partial charge in [0, 0.05) is 63.6 Å². The van der Waals surface area contributed by atoms with Crippen LogP contribution in [0.1, 0.15) is 50.8 Å². The smallest absolute Gasteiger partial charge is 0.410 e. The van der Waals surface area contributed by atoms with Crippen molar-refractivity contribution in [3.63, 3.8) is 0 Å². The van der Waals surface area contributed by atoms with E-state index >= 15 is 0 Å². The fourth-order valence-corrected chi connectivity index (χ4v) is 3.86. The molecule has 0 unspecified atom stereocenters. The molecule has 0 aromatic carbocycles. The number of piperidine rings is 1. The molecular formula is C21H34N4O2. The number of hydrogen-bond donors (Lipinski definition) is 0. The third kappa shape index (κ3) is 5.66. The zero-order chi connectivity index (χ0) is 19.4. The summed E-state index contributed by atoms with van der Waals surface area (Å²) < 4.78 is 5.51. The maximum atomic E-state index is 12.3. The molecule has 3 rings (SSSR count). The molecule has 2 aliphatic heterocycles. The molecule has 2 saturated heterocycles.